The Hall–Kier alpha value is -2.27. The number of carbonyl (C=O) groups is 1. The molecule has 10 heteroatoms. The fourth-order valence-electron chi connectivity index (χ4n) is 3.36. The van der Waals surface area contributed by atoms with E-state index in [1.54, 1.807) is 22.7 Å². The molecule has 0 unspecified atom stereocenters. The quantitative estimate of drug-likeness (QED) is 0.575. The summed E-state index contributed by atoms with van der Waals surface area (Å²) in [6, 6.07) is 8.58. The molecule has 0 atom stereocenters. The summed E-state index contributed by atoms with van der Waals surface area (Å²) in [6.45, 7) is 4.19. The molecule has 31 heavy (non-hydrogen) atoms. The lowest BCUT2D eigenvalue weighted by atomic mass is 10.2. The zero-order chi connectivity index (χ0) is 21.8. The van der Waals surface area contributed by atoms with Crippen LogP contribution in [-0.2, 0) is 17.5 Å². The topological polar surface area (TPSA) is 48.5 Å². The second kappa shape index (κ2) is 9.47. The summed E-state index contributed by atoms with van der Waals surface area (Å²) in [5.74, 6) is -0.228. The van der Waals surface area contributed by atoms with Gasteiger partial charge in [-0.1, -0.05) is 6.07 Å². The Bertz CT molecular complexity index is 995. The molecular weight excluding hydrogens is 445 g/mol. The van der Waals surface area contributed by atoms with E-state index >= 15 is 0 Å². The van der Waals surface area contributed by atoms with Crippen LogP contribution in [0.25, 0.3) is 10.6 Å². The second-order valence-electron chi connectivity index (χ2n) is 7.28. The normalized spacial score (nSPS) is 15.8. The summed E-state index contributed by atoms with van der Waals surface area (Å²) in [7, 11) is 0. The predicted molar refractivity (Wildman–Crippen MR) is 117 cm³/mol. The van der Waals surface area contributed by atoms with Crippen LogP contribution in [0.5, 0.6) is 0 Å². The third-order valence-corrected chi connectivity index (χ3v) is 6.74. The number of carbonyl (C=O) groups excluding carboxylic acids is 1. The van der Waals surface area contributed by atoms with Gasteiger partial charge in [0.1, 0.15) is 5.01 Å². The molecule has 0 aliphatic carbocycles. The number of thiazole rings is 1. The molecule has 5 nitrogen and oxygen atoms in total. The van der Waals surface area contributed by atoms with E-state index < -0.39 is 11.7 Å². The van der Waals surface area contributed by atoms with Crippen LogP contribution in [0, 0.1) is 0 Å². The van der Waals surface area contributed by atoms with Crippen LogP contribution in [0.4, 0.5) is 18.9 Å². The Morgan fingerprint density at radius 1 is 1.03 bits per heavy atom. The number of nitrogens with zero attached hydrogens (tertiary/aromatic N) is 3. The van der Waals surface area contributed by atoms with Gasteiger partial charge in [0.05, 0.1) is 29.2 Å². The van der Waals surface area contributed by atoms with Crippen molar-refractivity contribution in [3.05, 3.63) is 57.7 Å². The molecule has 1 aromatic carbocycles. The maximum absolute atomic E-state index is 12.6. The SMILES string of the molecule is O=C(CN1CCN(Cc2nc(-c3cccs3)cs2)CC1)Nc1ccc(C(F)(F)F)cc1. The Balaban J connectivity index is 1.21. The monoisotopic (exact) mass is 466 g/mol. The molecule has 1 aliphatic rings. The fraction of sp³-hybridized carbons (Fsp3) is 0.333. The van der Waals surface area contributed by atoms with Gasteiger partial charge in [0.15, 0.2) is 0 Å². The van der Waals surface area contributed by atoms with Crippen LogP contribution in [0.1, 0.15) is 10.6 Å². The van der Waals surface area contributed by atoms with E-state index in [2.05, 4.69) is 26.6 Å². The van der Waals surface area contributed by atoms with Crippen molar-refractivity contribution < 1.29 is 18.0 Å². The van der Waals surface area contributed by atoms with Gasteiger partial charge in [0, 0.05) is 37.2 Å². The minimum atomic E-state index is -4.38. The lowest BCUT2D eigenvalue weighted by molar-refractivity contribution is -0.137. The highest BCUT2D eigenvalue weighted by Crippen LogP contribution is 2.30. The Labute approximate surface area is 186 Å². The number of benzene rings is 1. The van der Waals surface area contributed by atoms with Crippen LogP contribution >= 0.6 is 22.7 Å². The summed E-state index contributed by atoms with van der Waals surface area (Å²) < 4.78 is 37.9. The minimum Gasteiger partial charge on any atom is -0.325 e. The molecule has 0 bridgehead atoms. The number of aromatic nitrogens is 1. The van der Waals surface area contributed by atoms with Gasteiger partial charge in [0.2, 0.25) is 5.91 Å². The number of nitrogens with one attached hydrogen (secondary N) is 1. The number of anilines is 1. The number of alkyl halides is 3. The van der Waals surface area contributed by atoms with Crippen LogP contribution < -0.4 is 5.32 Å². The maximum Gasteiger partial charge on any atom is 0.416 e. The van der Waals surface area contributed by atoms with Crippen molar-refractivity contribution in [2.75, 3.05) is 38.0 Å². The molecule has 1 amide bonds. The van der Waals surface area contributed by atoms with Gasteiger partial charge in [-0.2, -0.15) is 13.2 Å². The predicted octanol–water partition coefficient (Wildman–Crippen LogP) is 4.65. The standard InChI is InChI=1S/C21H21F3N4OS2/c22-21(23,24)15-3-5-16(6-4-15)25-19(29)12-27-7-9-28(10-8-27)13-20-26-17(14-31-20)18-2-1-11-30-18/h1-6,11,14H,7-10,12-13H2,(H,25,29). The average Bonchev–Trinajstić information content (AvgIpc) is 3.41. The van der Waals surface area contributed by atoms with Crippen molar-refractivity contribution in [2.24, 2.45) is 0 Å². The highest BCUT2D eigenvalue weighted by molar-refractivity contribution is 7.14. The van der Waals surface area contributed by atoms with Gasteiger partial charge in [-0.25, -0.2) is 4.98 Å². The van der Waals surface area contributed by atoms with Crippen molar-refractivity contribution in [3.63, 3.8) is 0 Å². The van der Waals surface area contributed by atoms with Gasteiger partial charge < -0.3 is 5.32 Å². The first-order valence-electron chi connectivity index (χ1n) is 9.77. The van der Waals surface area contributed by atoms with Crippen molar-refractivity contribution in [1.82, 2.24) is 14.8 Å². The largest absolute Gasteiger partial charge is 0.416 e. The number of thiophene rings is 1. The van der Waals surface area contributed by atoms with Crippen molar-refractivity contribution in [3.8, 4) is 10.6 Å². The van der Waals surface area contributed by atoms with Gasteiger partial charge in [0.25, 0.3) is 0 Å². The van der Waals surface area contributed by atoms with Crippen LogP contribution in [0.2, 0.25) is 0 Å². The molecule has 1 saturated heterocycles. The lowest BCUT2D eigenvalue weighted by Crippen LogP contribution is -2.48. The molecule has 3 heterocycles. The second-order valence-corrected chi connectivity index (χ2v) is 9.17. The number of hydrogen-bond acceptors (Lipinski definition) is 6. The highest BCUT2D eigenvalue weighted by atomic mass is 32.1. The molecule has 0 spiro atoms. The Morgan fingerprint density at radius 3 is 2.39 bits per heavy atom. The first-order valence-corrected chi connectivity index (χ1v) is 11.5. The van der Waals surface area contributed by atoms with E-state index in [0.29, 0.717) is 5.69 Å². The molecule has 1 fully saturated rings. The first-order chi connectivity index (χ1) is 14.9. The Kier molecular flexibility index (Phi) is 6.71. The number of amides is 1. The van der Waals surface area contributed by atoms with Gasteiger partial charge >= 0.3 is 6.18 Å². The van der Waals surface area contributed by atoms with E-state index in [9.17, 15) is 18.0 Å². The number of halogens is 3. The van der Waals surface area contributed by atoms with Crippen LogP contribution in [-0.4, -0.2) is 53.4 Å². The van der Waals surface area contributed by atoms with E-state index in [0.717, 1.165) is 55.6 Å². The molecule has 1 N–H and O–H groups in total. The smallest absolute Gasteiger partial charge is 0.325 e. The van der Waals surface area contributed by atoms with Crippen LogP contribution in [0.3, 0.4) is 0 Å². The maximum atomic E-state index is 12.6. The van der Waals surface area contributed by atoms with E-state index in [4.69, 9.17) is 4.98 Å². The molecule has 4 rings (SSSR count). The van der Waals surface area contributed by atoms with E-state index in [1.165, 1.54) is 17.0 Å². The van der Waals surface area contributed by atoms with Crippen molar-refractivity contribution in [2.45, 2.75) is 12.7 Å². The summed E-state index contributed by atoms with van der Waals surface area (Å²) in [5, 5.41) is 7.88. The molecule has 164 valence electrons. The fourth-order valence-corrected chi connectivity index (χ4v) is 4.96. The number of hydrogen-bond donors (Lipinski definition) is 1. The summed E-state index contributed by atoms with van der Waals surface area (Å²) >= 11 is 3.34. The molecular formula is C21H21F3N4OS2. The Morgan fingerprint density at radius 2 is 1.74 bits per heavy atom. The minimum absolute atomic E-state index is 0.217. The zero-order valence-electron chi connectivity index (χ0n) is 16.6. The van der Waals surface area contributed by atoms with E-state index in [-0.39, 0.29) is 12.5 Å². The molecule has 0 radical (unpaired) electrons. The summed E-state index contributed by atoms with van der Waals surface area (Å²) in [4.78, 5) is 22.5. The van der Waals surface area contributed by atoms with E-state index in [1.807, 2.05) is 11.4 Å². The molecule has 0 saturated carbocycles. The summed E-state index contributed by atoms with van der Waals surface area (Å²) in [5.41, 5.74) is 0.653. The van der Waals surface area contributed by atoms with Gasteiger partial charge in [-0.05, 0) is 35.7 Å². The third kappa shape index (κ3) is 5.91. The number of piperazine rings is 1. The van der Waals surface area contributed by atoms with Gasteiger partial charge in [-0.15, -0.1) is 22.7 Å². The number of rotatable bonds is 6. The summed E-state index contributed by atoms with van der Waals surface area (Å²) in [6.07, 6.45) is -4.38. The molecule has 3 aromatic rings. The third-order valence-electron chi connectivity index (χ3n) is 5.01. The van der Waals surface area contributed by atoms with Crippen LogP contribution in [0.15, 0.2) is 47.2 Å². The zero-order valence-corrected chi connectivity index (χ0v) is 18.2. The highest BCUT2D eigenvalue weighted by Gasteiger charge is 2.30. The van der Waals surface area contributed by atoms with Crippen molar-refractivity contribution >= 4 is 34.3 Å². The van der Waals surface area contributed by atoms with Crippen molar-refractivity contribution in [1.29, 1.82) is 0 Å². The first kappa shape index (κ1) is 21.9. The lowest BCUT2D eigenvalue weighted by Gasteiger charge is -2.33. The average molecular weight is 467 g/mol. The van der Waals surface area contributed by atoms with Gasteiger partial charge in [-0.3, -0.25) is 14.6 Å². The molecule has 2 aromatic heterocycles. The molecule has 1 aliphatic heterocycles.